The predicted molar refractivity (Wildman–Crippen MR) is 455 cm³/mol. The minimum absolute atomic E-state index is 0.0537. The first-order valence-corrected chi connectivity index (χ1v) is 37.7. The van der Waals surface area contributed by atoms with Gasteiger partial charge in [0.15, 0.2) is 0 Å². The third-order valence-corrected chi connectivity index (χ3v) is 22.5. The minimum atomic E-state index is -0.304. The van der Waals surface area contributed by atoms with Gasteiger partial charge in [-0.05, 0) is 204 Å². The van der Waals surface area contributed by atoms with E-state index in [2.05, 4.69) is 422 Å². The Morgan fingerprint density at radius 3 is 1.13 bits per heavy atom. The lowest BCUT2D eigenvalue weighted by atomic mass is 9.33. The van der Waals surface area contributed by atoms with Crippen LogP contribution in [0.2, 0.25) is 0 Å². The standard InChI is InChI=1S/C100H88BN5/c1-97(2,3)68-46-53-88-81(56-68)82-57-69(98(4,5)6)47-54-89(82)104(88)76-49-52-85-92(64-76)106(96-79(66-34-20-14-21-35-66)58-70(99(7,8)9)59-80(96)67-36-22-15-23-37-67)94-61-71(100(10,11)12)60-93-95(94)101(85)84-51-48-75(63-91(84)105(93)86-44-30-28-42-77(86)65-32-18-13-19-33-65)103-87-45-31-29-43-78(87)83-62-74(50-55-90(83)103)102(72-38-24-16-25-39-72)73-40-26-17-27-41-73/h13-64H,1-12H3. The van der Waals surface area contributed by atoms with Crippen LogP contribution in [0.5, 0.6) is 0 Å². The van der Waals surface area contributed by atoms with Gasteiger partial charge in [0.25, 0.3) is 6.71 Å². The van der Waals surface area contributed by atoms with Gasteiger partial charge in [0.05, 0.1) is 33.4 Å². The Balaban J connectivity index is 0.963. The molecule has 4 heterocycles. The van der Waals surface area contributed by atoms with Crippen LogP contribution >= 0.6 is 0 Å². The Morgan fingerprint density at radius 1 is 0.255 bits per heavy atom. The van der Waals surface area contributed by atoms with Crippen LogP contribution in [-0.2, 0) is 21.7 Å². The molecule has 2 aliphatic heterocycles. The van der Waals surface area contributed by atoms with Crippen LogP contribution in [0.1, 0.15) is 105 Å². The summed E-state index contributed by atoms with van der Waals surface area (Å²) in [6.07, 6.45) is 0. The maximum Gasteiger partial charge on any atom is 0.252 e. The van der Waals surface area contributed by atoms with E-state index in [0.29, 0.717) is 0 Å². The number of anilines is 9. The van der Waals surface area contributed by atoms with E-state index in [-0.39, 0.29) is 28.4 Å². The van der Waals surface area contributed by atoms with Crippen molar-refractivity contribution < 1.29 is 0 Å². The van der Waals surface area contributed by atoms with Gasteiger partial charge < -0.3 is 23.8 Å². The van der Waals surface area contributed by atoms with Gasteiger partial charge in [-0.15, -0.1) is 0 Å². The van der Waals surface area contributed by atoms with Crippen LogP contribution in [0.15, 0.2) is 315 Å². The van der Waals surface area contributed by atoms with E-state index < -0.39 is 0 Å². The van der Waals surface area contributed by atoms with Gasteiger partial charge in [-0.25, -0.2) is 0 Å². The second kappa shape index (κ2) is 24.9. The summed E-state index contributed by atoms with van der Waals surface area (Å²) in [5, 5.41) is 4.91. The molecule has 6 heteroatoms. The number of para-hydroxylation sites is 4. The fraction of sp³-hybridized carbons (Fsp3) is 0.160. The first kappa shape index (κ1) is 66.1. The van der Waals surface area contributed by atoms with Crippen molar-refractivity contribution in [3.8, 4) is 44.8 Å². The van der Waals surface area contributed by atoms with Gasteiger partial charge in [0, 0.05) is 89.4 Å². The average molecular weight is 1370 g/mol. The van der Waals surface area contributed by atoms with Crippen LogP contribution in [0.4, 0.5) is 51.2 Å². The van der Waals surface area contributed by atoms with Gasteiger partial charge in [0.2, 0.25) is 0 Å². The van der Waals surface area contributed by atoms with Gasteiger partial charge in [-0.1, -0.05) is 271 Å². The molecule has 0 atom stereocenters. The lowest BCUT2D eigenvalue weighted by Crippen LogP contribution is -2.61. The fourth-order valence-corrected chi connectivity index (χ4v) is 16.9. The molecule has 2 aliphatic rings. The summed E-state index contributed by atoms with van der Waals surface area (Å²) >= 11 is 0. The molecule has 106 heavy (non-hydrogen) atoms. The highest BCUT2D eigenvalue weighted by atomic mass is 15.2. The van der Waals surface area contributed by atoms with E-state index in [1.807, 2.05) is 0 Å². The monoisotopic (exact) mass is 1370 g/mol. The van der Waals surface area contributed by atoms with Gasteiger partial charge >= 0.3 is 0 Å². The highest BCUT2D eigenvalue weighted by Crippen LogP contribution is 2.54. The van der Waals surface area contributed by atoms with E-state index >= 15 is 0 Å². The van der Waals surface area contributed by atoms with Crippen molar-refractivity contribution in [1.29, 1.82) is 0 Å². The molecule has 0 fully saturated rings. The summed E-state index contributed by atoms with van der Waals surface area (Å²) < 4.78 is 5.07. The molecule has 5 nitrogen and oxygen atoms in total. The zero-order valence-corrected chi connectivity index (χ0v) is 62.8. The molecule has 0 aliphatic carbocycles. The molecule has 2 aromatic heterocycles. The highest BCUT2D eigenvalue weighted by molar-refractivity contribution is 7.00. The number of benzene rings is 14. The molecule has 516 valence electrons. The van der Waals surface area contributed by atoms with Crippen LogP contribution in [0, 0.1) is 0 Å². The Hall–Kier alpha value is -11.9. The van der Waals surface area contributed by atoms with E-state index in [1.165, 1.54) is 82.3 Å². The summed E-state index contributed by atoms with van der Waals surface area (Å²) in [6, 6.07) is 120. The van der Waals surface area contributed by atoms with Crippen LogP contribution in [-0.4, -0.2) is 15.8 Å². The lowest BCUT2D eigenvalue weighted by Gasteiger charge is -2.46. The quantitative estimate of drug-likeness (QED) is 0.127. The first-order valence-electron chi connectivity index (χ1n) is 37.7. The Labute approximate surface area is 625 Å². The van der Waals surface area contributed by atoms with Gasteiger partial charge in [-0.2, -0.15) is 0 Å². The maximum absolute atomic E-state index is 2.73. The lowest BCUT2D eigenvalue weighted by molar-refractivity contribution is 0.590. The maximum atomic E-state index is 2.73. The molecule has 0 amide bonds. The van der Waals surface area contributed by atoms with Crippen molar-refractivity contribution in [3.05, 3.63) is 338 Å². The van der Waals surface area contributed by atoms with Crippen LogP contribution in [0.25, 0.3) is 88.4 Å². The second-order valence-corrected chi connectivity index (χ2v) is 33.4. The third kappa shape index (κ3) is 11.1. The molecule has 14 aromatic carbocycles. The molecule has 0 saturated carbocycles. The molecule has 0 saturated heterocycles. The van der Waals surface area contributed by atoms with E-state index in [4.69, 9.17) is 0 Å². The zero-order valence-electron chi connectivity index (χ0n) is 62.8. The number of fused-ring (bicyclic) bond motifs is 10. The average Bonchev–Trinajstić information content (AvgIpc) is 0.775. The van der Waals surface area contributed by atoms with Gasteiger partial charge in [-0.3, -0.25) is 0 Å². The third-order valence-electron chi connectivity index (χ3n) is 22.5. The fourth-order valence-electron chi connectivity index (χ4n) is 16.9. The number of aromatic nitrogens is 2. The normalized spacial score (nSPS) is 13.0. The molecule has 0 unspecified atom stereocenters. The second-order valence-electron chi connectivity index (χ2n) is 33.4. The van der Waals surface area contributed by atoms with Crippen molar-refractivity contribution in [2.75, 3.05) is 14.7 Å². The van der Waals surface area contributed by atoms with Crippen LogP contribution in [0.3, 0.4) is 0 Å². The predicted octanol–water partition coefficient (Wildman–Crippen LogP) is 25.6. The van der Waals surface area contributed by atoms with Crippen molar-refractivity contribution in [2.24, 2.45) is 0 Å². The van der Waals surface area contributed by atoms with Crippen molar-refractivity contribution in [3.63, 3.8) is 0 Å². The van der Waals surface area contributed by atoms with E-state index in [1.54, 1.807) is 0 Å². The number of hydrogen-bond acceptors (Lipinski definition) is 3. The van der Waals surface area contributed by atoms with E-state index in [9.17, 15) is 0 Å². The Kier molecular flexibility index (Phi) is 15.5. The molecule has 16 aromatic rings. The van der Waals surface area contributed by atoms with Crippen molar-refractivity contribution in [2.45, 2.75) is 105 Å². The molecule has 18 rings (SSSR count). The Bertz CT molecular complexity index is 5950. The highest BCUT2D eigenvalue weighted by Gasteiger charge is 2.46. The topological polar surface area (TPSA) is 19.6 Å². The first-order chi connectivity index (χ1) is 51.1. The summed E-state index contributed by atoms with van der Waals surface area (Å²) in [7, 11) is 0. The summed E-state index contributed by atoms with van der Waals surface area (Å²) in [6.45, 7) is 28.0. The Morgan fingerprint density at radius 2 is 0.642 bits per heavy atom. The van der Waals surface area contributed by atoms with Crippen molar-refractivity contribution >= 4 is 118 Å². The molecule has 0 spiro atoms. The largest absolute Gasteiger partial charge is 0.311 e. The number of hydrogen-bond donors (Lipinski definition) is 0. The van der Waals surface area contributed by atoms with Crippen LogP contribution < -0.4 is 31.1 Å². The minimum Gasteiger partial charge on any atom is -0.311 e. The van der Waals surface area contributed by atoms with Gasteiger partial charge in [0.1, 0.15) is 0 Å². The summed E-state index contributed by atoms with van der Waals surface area (Å²) in [4.78, 5) is 7.76. The van der Waals surface area contributed by atoms with Crippen molar-refractivity contribution in [1.82, 2.24) is 9.13 Å². The zero-order chi connectivity index (χ0) is 72.7. The summed E-state index contributed by atoms with van der Waals surface area (Å²) in [5.74, 6) is 0. The summed E-state index contributed by atoms with van der Waals surface area (Å²) in [5.41, 5.74) is 32.3. The number of rotatable bonds is 10. The van der Waals surface area contributed by atoms with E-state index in [0.717, 1.165) is 95.8 Å². The molecule has 0 bridgehead atoms. The molecular formula is C100H88BN5. The SMILES string of the molecule is CC(C)(C)c1cc(-c2ccccc2)c(N2c3cc(-n4c5ccc(C(C)(C)C)cc5c5cc(C(C)(C)C)ccc54)ccc3B3c4ccc(-n5c6ccccc6c6cc(N(c7ccccc7)c7ccccc7)ccc65)cc4N(c4ccccc4-c4ccccc4)c4cc(C(C)(C)C)cc2c43)c(-c2ccccc2)c1. The number of nitrogens with zero attached hydrogens (tertiary/aromatic N) is 5. The molecule has 0 radical (unpaired) electrons. The molecule has 0 N–H and O–H groups in total. The molecular weight excluding hydrogens is 1280 g/mol. The smallest absolute Gasteiger partial charge is 0.252 e.